The minimum absolute atomic E-state index is 1.28. The average molecular weight is 379 g/mol. The van der Waals surface area contributed by atoms with E-state index in [1.807, 2.05) is 11.3 Å². The first-order valence-electron chi connectivity index (χ1n) is 9.70. The molecular formula is C27H22S. The van der Waals surface area contributed by atoms with E-state index in [9.17, 15) is 0 Å². The van der Waals surface area contributed by atoms with Gasteiger partial charge in [0.25, 0.3) is 0 Å². The number of fused-ring (bicyclic) bond motifs is 3. The minimum Gasteiger partial charge on any atom is -0.135 e. The van der Waals surface area contributed by atoms with Crippen molar-refractivity contribution < 1.29 is 0 Å². The zero-order valence-corrected chi connectivity index (χ0v) is 17.2. The summed E-state index contributed by atoms with van der Waals surface area (Å²) in [4.78, 5) is 0. The van der Waals surface area contributed by atoms with E-state index >= 15 is 0 Å². The largest absolute Gasteiger partial charge is 0.135 e. The van der Waals surface area contributed by atoms with Crippen molar-refractivity contribution in [3.8, 4) is 22.3 Å². The number of thiophene rings is 1. The minimum atomic E-state index is 1.28. The van der Waals surface area contributed by atoms with Crippen LogP contribution in [0.3, 0.4) is 0 Å². The predicted molar refractivity (Wildman–Crippen MR) is 124 cm³/mol. The third-order valence-electron chi connectivity index (χ3n) is 5.63. The highest BCUT2D eigenvalue weighted by atomic mass is 32.1. The molecule has 0 saturated heterocycles. The summed E-state index contributed by atoms with van der Waals surface area (Å²) < 4.78 is 2.72. The van der Waals surface area contributed by atoms with Crippen molar-refractivity contribution >= 4 is 31.5 Å². The molecule has 0 aliphatic carbocycles. The summed E-state index contributed by atoms with van der Waals surface area (Å²) in [7, 11) is 0. The zero-order valence-electron chi connectivity index (χ0n) is 16.4. The van der Waals surface area contributed by atoms with E-state index < -0.39 is 0 Å². The molecule has 28 heavy (non-hydrogen) atoms. The fraction of sp³-hybridized carbons (Fsp3) is 0.111. The van der Waals surface area contributed by atoms with Crippen molar-refractivity contribution in [2.45, 2.75) is 20.8 Å². The number of rotatable bonds is 2. The van der Waals surface area contributed by atoms with Crippen LogP contribution in [0.5, 0.6) is 0 Å². The van der Waals surface area contributed by atoms with Gasteiger partial charge in [-0.05, 0) is 84.5 Å². The van der Waals surface area contributed by atoms with Crippen LogP contribution in [0.15, 0.2) is 78.9 Å². The molecular weight excluding hydrogens is 356 g/mol. The second-order valence-electron chi connectivity index (χ2n) is 7.66. The SMILES string of the molecule is Cc1ccc2sc3ccc(-c4ccc(C)c(-c5ccccc5C)c4)cc3c2c1. The predicted octanol–water partition coefficient (Wildman–Crippen LogP) is 8.31. The van der Waals surface area contributed by atoms with Crippen LogP contribution in [0, 0.1) is 20.8 Å². The van der Waals surface area contributed by atoms with Gasteiger partial charge < -0.3 is 0 Å². The fourth-order valence-corrected chi connectivity index (χ4v) is 5.10. The van der Waals surface area contributed by atoms with Gasteiger partial charge in [0.15, 0.2) is 0 Å². The Labute approximate surface area is 170 Å². The molecule has 5 aromatic rings. The molecule has 1 heteroatoms. The normalized spacial score (nSPS) is 11.4. The summed E-state index contributed by atoms with van der Waals surface area (Å²) >= 11 is 1.88. The van der Waals surface area contributed by atoms with Crippen molar-refractivity contribution in [1.82, 2.24) is 0 Å². The van der Waals surface area contributed by atoms with Crippen LogP contribution in [0.2, 0.25) is 0 Å². The van der Waals surface area contributed by atoms with E-state index in [4.69, 9.17) is 0 Å². The monoisotopic (exact) mass is 378 g/mol. The Bertz CT molecular complexity index is 1340. The number of hydrogen-bond donors (Lipinski definition) is 0. The molecule has 1 aromatic heterocycles. The molecule has 0 nitrogen and oxygen atoms in total. The molecule has 136 valence electrons. The topological polar surface area (TPSA) is 0 Å². The summed E-state index contributed by atoms with van der Waals surface area (Å²) in [5.41, 5.74) is 9.14. The van der Waals surface area contributed by atoms with Gasteiger partial charge in [-0.25, -0.2) is 0 Å². The fourth-order valence-electron chi connectivity index (χ4n) is 4.04. The number of aryl methyl sites for hydroxylation is 3. The Balaban J connectivity index is 1.70. The van der Waals surface area contributed by atoms with Crippen LogP contribution >= 0.6 is 11.3 Å². The van der Waals surface area contributed by atoms with Crippen molar-refractivity contribution in [2.24, 2.45) is 0 Å². The van der Waals surface area contributed by atoms with Gasteiger partial charge in [-0.1, -0.05) is 54.1 Å². The molecule has 0 aliphatic rings. The Morgan fingerprint density at radius 3 is 2.00 bits per heavy atom. The van der Waals surface area contributed by atoms with Crippen LogP contribution in [0.1, 0.15) is 16.7 Å². The van der Waals surface area contributed by atoms with Gasteiger partial charge in [0, 0.05) is 20.2 Å². The van der Waals surface area contributed by atoms with E-state index in [-0.39, 0.29) is 0 Å². The smallest absolute Gasteiger partial charge is 0.0355 e. The molecule has 0 bridgehead atoms. The summed E-state index contributed by atoms with van der Waals surface area (Å²) in [6, 6.07) is 29.1. The second kappa shape index (κ2) is 6.61. The second-order valence-corrected chi connectivity index (χ2v) is 8.74. The number of hydrogen-bond acceptors (Lipinski definition) is 1. The highest BCUT2D eigenvalue weighted by Crippen LogP contribution is 2.38. The summed E-state index contributed by atoms with van der Waals surface area (Å²) in [6.07, 6.45) is 0. The van der Waals surface area contributed by atoms with Crippen molar-refractivity contribution in [3.05, 3.63) is 95.6 Å². The molecule has 0 radical (unpaired) electrons. The molecule has 0 amide bonds. The van der Waals surface area contributed by atoms with Crippen molar-refractivity contribution in [2.75, 3.05) is 0 Å². The highest BCUT2D eigenvalue weighted by molar-refractivity contribution is 7.25. The maximum absolute atomic E-state index is 2.36. The summed E-state index contributed by atoms with van der Waals surface area (Å²) in [6.45, 7) is 6.55. The summed E-state index contributed by atoms with van der Waals surface area (Å²) in [5.74, 6) is 0. The van der Waals surface area contributed by atoms with Gasteiger partial charge >= 0.3 is 0 Å². The number of benzene rings is 4. The molecule has 0 atom stereocenters. The Morgan fingerprint density at radius 2 is 1.18 bits per heavy atom. The van der Waals surface area contributed by atoms with Gasteiger partial charge in [-0.3, -0.25) is 0 Å². The molecule has 5 rings (SSSR count). The standard InChI is InChI=1S/C27H22S/c1-17-8-12-26-24(14-17)25-16-21(11-13-27(25)28-26)20-10-9-19(3)23(15-20)22-7-5-4-6-18(22)2/h4-16H,1-3H3. The van der Waals surface area contributed by atoms with Crippen LogP contribution < -0.4 is 0 Å². The van der Waals surface area contributed by atoms with Crippen molar-refractivity contribution in [1.29, 1.82) is 0 Å². The molecule has 0 spiro atoms. The lowest BCUT2D eigenvalue weighted by molar-refractivity contribution is 1.41. The average Bonchev–Trinajstić information content (AvgIpc) is 3.06. The van der Waals surface area contributed by atoms with E-state index in [0.29, 0.717) is 0 Å². The third kappa shape index (κ3) is 2.83. The van der Waals surface area contributed by atoms with Gasteiger partial charge in [0.1, 0.15) is 0 Å². The first-order valence-corrected chi connectivity index (χ1v) is 10.5. The molecule has 0 N–H and O–H groups in total. The molecule has 0 fully saturated rings. The van der Waals surface area contributed by atoms with E-state index in [1.165, 1.54) is 59.1 Å². The molecule has 4 aromatic carbocycles. The van der Waals surface area contributed by atoms with Crippen LogP contribution in [-0.4, -0.2) is 0 Å². The van der Waals surface area contributed by atoms with Gasteiger partial charge in [0.05, 0.1) is 0 Å². The van der Waals surface area contributed by atoms with Gasteiger partial charge in [0.2, 0.25) is 0 Å². The maximum atomic E-state index is 2.36. The quantitative estimate of drug-likeness (QED) is 0.290. The van der Waals surface area contributed by atoms with Gasteiger partial charge in [-0.2, -0.15) is 0 Å². The van der Waals surface area contributed by atoms with Crippen LogP contribution in [0.25, 0.3) is 42.4 Å². The van der Waals surface area contributed by atoms with E-state index in [0.717, 1.165) is 0 Å². The molecule has 0 saturated carbocycles. The molecule has 0 aliphatic heterocycles. The van der Waals surface area contributed by atoms with Crippen LogP contribution in [0.4, 0.5) is 0 Å². The first kappa shape index (κ1) is 17.2. The molecule has 1 heterocycles. The zero-order chi connectivity index (χ0) is 19.3. The lowest BCUT2D eigenvalue weighted by Gasteiger charge is -2.12. The summed E-state index contributed by atoms with van der Waals surface area (Å²) in [5, 5.41) is 2.73. The maximum Gasteiger partial charge on any atom is 0.0355 e. The lowest BCUT2D eigenvalue weighted by atomic mass is 9.92. The molecule has 0 unspecified atom stereocenters. The Morgan fingerprint density at radius 1 is 0.536 bits per heavy atom. The van der Waals surface area contributed by atoms with Crippen LogP contribution in [-0.2, 0) is 0 Å². The van der Waals surface area contributed by atoms with Crippen molar-refractivity contribution in [3.63, 3.8) is 0 Å². The van der Waals surface area contributed by atoms with E-state index in [1.54, 1.807) is 0 Å². The Kier molecular flexibility index (Phi) is 4.07. The first-order chi connectivity index (χ1) is 13.6. The highest BCUT2D eigenvalue weighted by Gasteiger charge is 2.10. The van der Waals surface area contributed by atoms with E-state index in [2.05, 4.69) is 99.6 Å². The Hall–Kier alpha value is -2.90. The lowest BCUT2D eigenvalue weighted by Crippen LogP contribution is -1.88. The van der Waals surface area contributed by atoms with Gasteiger partial charge in [-0.15, -0.1) is 11.3 Å². The third-order valence-corrected chi connectivity index (χ3v) is 6.78.